The zero-order chi connectivity index (χ0) is 10.9. The molecular formula is C8H11F2NO3. The second-order valence-corrected chi connectivity index (χ2v) is 3.51. The van der Waals surface area contributed by atoms with Crippen LogP contribution in [0.25, 0.3) is 0 Å². The summed E-state index contributed by atoms with van der Waals surface area (Å²) in [5, 5.41) is 10.7. The molecule has 1 saturated carbocycles. The van der Waals surface area contributed by atoms with Crippen molar-refractivity contribution in [3.05, 3.63) is 0 Å². The van der Waals surface area contributed by atoms with Crippen LogP contribution in [0, 0.1) is 5.41 Å². The number of hydrogen-bond acceptors (Lipinski definition) is 2. The lowest BCUT2D eigenvalue weighted by Gasteiger charge is -2.22. The van der Waals surface area contributed by atoms with Gasteiger partial charge in [-0.05, 0) is 12.8 Å². The van der Waals surface area contributed by atoms with E-state index in [1.165, 1.54) is 0 Å². The normalized spacial score (nSPS) is 20.3. The topological polar surface area (TPSA) is 66.4 Å². The predicted octanol–water partition coefficient (Wildman–Crippen LogP) is 0.621. The van der Waals surface area contributed by atoms with Gasteiger partial charge in [-0.2, -0.15) is 0 Å². The molecule has 0 aromatic carbocycles. The zero-order valence-corrected chi connectivity index (χ0v) is 7.59. The van der Waals surface area contributed by atoms with Gasteiger partial charge in [0.2, 0.25) is 12.3 Å². The molecule has 0 saturated heterocycles. The molecule has 1 fully saturated rings. The van der Waals surface area contributed by atoms with E-state index in [0.717, 1.165) is 6.92 Å². The molecule has 1 unspecified atom stereocenters. The number of carboxylic acids is 1. The van der Waals surface area contributed by atoms with Crippen molar-refractivity contribution in [3.63, 3.8) is 0 Å². The molecule has 2 N–H and O–H groups in total. The molecule has 0 bridgehead atoms. The maximum absolute atomic E-state index is 12.5. The van der Waals surface area contributed by atoms with E-state index < -0.39 is 29.8 Å². The molecule has 1 rings (SSSR count). The van der Waals surface area contributed by atoms with Gasteiger partial charge in [-0.15, -0.1) is 0 Å². The van der Waals surface area contributed by atoms with Crippen LogP contribution in [0.5, 0.6) is 0 Å². The van der Waals surface area contributed by atoms with Gasteiger partial charge in [-0.25, -0.2) is 13.6 Å². The Hall–Kier alpha value is -1.20. The third kappa shape index (κ3) is 1.83. The summed E-state index contributed by atoms with van der Waals surface area (Å²) in [6.07, 6.45) is -2.43. The van der Waals surface area contributed by atoms with Gasteiger partial charge >= 0.3 is 5.97 Å². The third-order valence-corrected chi connectivity index (χ3v) is 2.43. The number of carboxylic acid groups (broad SMARTS) is 1. The number of alkyl halides is 2. The van der Waals surface area contributed by atoms with Crippen LogP contribution in [-0.2, 0) is 9.59 Å². The Bertz CT molecular complexity index is 263. The molecule has 0 aromatic heterocycles. The highest BCUT2D eigenvalue weighted by molar-refractivity contribution is 5.83. The van der Waals surface area contributed by atoms with Gasteiger partial charge in [0.05, 0.1) is 5.41 Å². The minimum Gasteiger partial charge on any atom is -0.480 e. The van der Waals surface area contributed by atoms with E-state index >= 15 is 0 Å². The highest BCUT2D eigenvalue weighted by Crippen LogP contribution is 2.53. The van der Waals surface area contributed by atoms with E-state index in [0.29, 0.717) is 0 Å². The highest BCUT2D eigenvalue weighted by Gasteiger charge is 2.59. The first-order valence-electron chi connectivity index (χ1n) is 4.18. The van der Waals surface area contributed by atoms with Crippen LogP contribution in [0.2, 0.25) is 0 Å². The summed E-state index contributed by atoms with van der Waals surface area (Å²) in [4.78, 5) is 21.3. The van der Waals surface area contributed by atoms with Gasteiger partial charge in [-0.3, -0.25) is 4.79 Å². The van der Waals surface area contributed by atoms with E-state index in [4.69, 9.17) is 5.11 Å². The number of carbonyl (C=O) groups is 2. The van der Waals surface area contributed by atoms with Crippen molar-refractivity contribution in [1.29, 1.82) is 0 Å². The molecule has 1 aliphatic carbocycles. The summed E-state index contributed by atoms with van der Waals surface area (Å²) in [5.74, 6) is -2.01. The highest BCUT2D eigenvalue weighted by atomic mass is 19.3. The fourth-order valence-corrected chi connectivity index (χ4v) is 1.43. The maximum Gasteiger partial charge on any atom is 0.327 e. The molecule has 14 heavy (non-hydrogen) atoms. The van der Waals surface area contributed by atoms with E-state index in [1.807, 2.05) is 5.32 Å². The van der Waals surface area contributed by atoms with Gasteiger partial charge in [0.1, 0.15) is 6.04 Å². The van der Waals surface area contributed by atoms with Crippen molar-refractivity contribution in [1.82, 2.24) is 5.32 Å². The van der Waals surface area contributed by atoms with E-state index in [9.17, 15) is 18.4 Å². The average Bonchev–Trinajstić information content (AvgIpc) is 2.79. The monoisotopic (exact) mass is 207 g/mol. The Morgan fingerprint density at radius 1 is 1.43 bits per heavy atom. The average molecular weight is 207 g/mol. The van der Waals surface area contributed by atoms with E-state index in [2.05, 4.69) is 0 Å². The number of halogens is 2. The Labute approximate surface area is 79.3 Å². The van der Waals surface area contributed by atoms with Crippen LogP contribution in [-0.4, -0.2) is 29.5 Å². The fourth-order valence-electron chi connectivity index (χ4n) is 1.43. The minimum absolute atomic E-state index is 0.141. The van der Waals surface area contributed by atoms with Crippen molar-refractivity contribution in [2.45, 2.75) is 32.2 Å². The smallest absolute Gasteiger partial charge is 0.327 e. The molecular weight excluding hydrogens is 196 g/mol. The van der Waals surface area contributed by atoms with Crippen LogP contribution in [0.3, 0.4) is 0 Å². The number of nitrogens with one attached hydrogen (secondary N) is 1. The quantitative estimate of drug-likeness (QED) is 0.710. The molecule has 0 aliphatic heterocycles. The number of carbonyl (C=O) groups excluding carboxylic acids is 1. The summed E-state index contributed by atoms with van der Waals surface area (Å²) in [6, 6.07) is -1.47. The molecule has 1 atom stereocenters. The molecule has 0 heterocycles. The van der Waals surface area contributed by atoms with Crippen molar-refractivity contribution < 1.29 is 23.5 Å². The van der Waals surface area contributed by atoms with Gasteiger partial charge in [0, 0.05) is 6.92 Å². The number of rotatable bonds is 4. The number of amides is 1. The maximum atomic E-state index is 12.5. The molecule has 80 valence electrons. The van der Waals surface area contributed by atoms with Gasteiger partial charge in [0.25, 0.3) is 0 Å². The predicted molar refractivity (Wildman–Crippen MR) is 42.9 cm³/mol. The van der Waals surface area contributed by atoms with Crippen LogP contribution in [0.15, 0.2) is 0 Å². The van der Waals surface area contributed by atoms with Gasteiger partial charge < -0.3 is 10.4 Å². The zero-order valence-electron chi connectivity index (χ0n) is 7.59. The first-order chi connectivity index (χ1) is 6.40. The van der Waals surface area contributed by atoms with Crippen molar-refractivity contribution in [2.75, 3.05) is 0 Å². The molecule has 0 radical (unpaired) electrons. The van der Waals surface area contributed by atoms with Crippen molar-refractivity contribution in [3.8, 4) is 0 Å². The van der Waals surface area contributed by atoms with E-state index in [-0.39, 0.29) is 12.8 Å². The van der Waals surface area contributed by atoms with Crippen molar-refractivity contribution >= 4 is 11.9 Å². The first kappa shape index (κ1) is 10.9. The second kappa shape index (κ2) is 3.51. The Morgan fingerprint density at radius 3 is 2.14 bits per heavy atom. The Morgan fingerprint density at radius 2 is 1.93 bits per heavy atom. The molecule has 0 aromatic rings. The summed E-state index contributed by atoms with van der Waals surface area (Å²) < 4.78 is 25.0. The van der Waals surface area contributed by atoms with Crippen LogP contribution in [0.1, 0.15) is 19.8 Å². The van der Waals surface area contributed by atoms with Crippen LogP contribution < -0.4 is 5.32 Å². The second-order valence-electron chi connectivity index (χ2n) is 3.51. The molecule has 0 spiro atoms. The number of hydrogen-bond donors (Lipinski definition) is 2. The van der Waals surface area contributed by atoms with Crippen molar-refractivity contribution in [2.24, 2.45) is 5.41 Å². The lowest BCUT2D eigenvalue weighted by atomic mass is 9.97. The SMILES string of the molecule is CC(=O)NC(C(=O)O)C1(C(F)F)CC1. The summed E-state index contributed by atoms with van der Waals surface area (Å²) >= 11 is 0. The standard InChI is InChI=1S/C8H11F2NO3/c1-4(12)11-5(6(13)14)8(2-3-8)7(9)10/h5,7H,2-3H2,1H3,(H,11,12)(H,13,14). The summed E-state index contributed by atoms with van der Waals surface area (Å²) in [5.41, 5.74) is -1.54. The minimum atomic E-state index is -2.71. The van der Waals surface area contributed by atoms with Gasteiger partial charge in [0.15, 0.2) is 0 Å². The summed E-state index contributed by atoms with van der Waals surface area (Å²) in [6.45, 7) is 1.11. The lowest BCUT2D eigenvalue weighted by Crippen LogP contribution is -2.48. The van der Waals surface area contributed by atoms with Crippen LogP contribution >= 0.6 is 0 Å². The molecule has 1 aliphatic rings. The largest absolute Gasteiger partial charge is 0.480 e. The number of aliphatic carboxylic acids is 1. The van der Waals surface area contributed by atoms with E-state index in [1.54, 1.807) is 0 Å². The molecule has 4 nitrogen and oxygen atoms in total. The van der Waals surface area contributed by atoms with Gasteiger partial charge in [-0.1, -0.05) is 0 Å². The fraction of sp³-hybridized carbons (Fsp3) is 0.750. The third-order valence-electron chi connectivity index (χ3n) is 2.43. The lowest BCUT2D eigenvalue weighted by molar-refractivity contribution is -0.146. The molecule has 6 heteroatoms. The Kier molecular flexibility index (Phi) is 2.73. The van der Waals surface area contributed by atoms with Crippen LogP contribution in [0.4, 0.5) is 8.78 Å². The summed E-state index contributed by atoms with van der Waals surface area (Å²) in [7, 11) is 0. The Balaban J connectivity index is 2.78. The molecule has 1 amide bonds. The first-order valence-corrected chi connectivity index (χ1v) is 4.18.